The number of nitriles is 1. The first-order chi connectivity index (χ1) is 14.4. The fourth-order valence-corrected chi connectivity index (χ4v) is 4.55. The zero-order chi connectivity index (χ0) is 21.9. The van der Waals surface area contributed by atoms with Crippen molar-refractivity contribution in [3.63, 3.8) is 0 Å². The van der Waals surface area contributed by atoms with Crippen molar-refractivity contribution < 1.29 is 24.1 Å². The molecule has 30 heavy (non-hydrogen) atoms. The third-order valence-electron chi connectivity index (χ3n) is 5.17. The van der Waals surface area contributed by atoms with Gasteiger partial charge in [0, 0.05) is 15.6 Å². The summed E-state index contributed by atoms with van der Waals surface area (Å²) in [5.41, 5.74) is -0.306. The van der Waals surface area contributed by atoms with E-state index in [0.717, 1.165) is 10.1 Å². The highest BCUT2D eigenvalue weighted by molar-refractivity contribution is 7.19. The van der Waals surface area contributed by atoms with Gasteiger partial charge in [-0.05, 0) is 49.1 Å². The molecule has 2 aromatic carbocycles. The van der Waals surface area contributed by atoms with Crippen LogP contribution < -0.4 is 9.47 Å². The number of hydrogen-bond donors (Lipinski definition) is 1. The van der Waals surface area contributed by atoms with Gasteiger partial charge in [-0.25, -0.2) is 0 Å². The average molecular weight is 426 g/mol. The monoisotopic (exact) mass is 425 g/mol. The second-order valence-electron chi connectivity index (χ2n) is 6.91. The molecule has 1 heterocycles. The van der Waals surface area contributed by atoms with Crippen LogP contribution in [0.25, 0.3) is 10.1 Å². The molecule has 1 N–H and O–H groups in total. The summed E-state index contributed by atoms with van der Waals surface area (Å²) in [6.07, 6.45) is -1.15. The van der Waals surface area contributed by atoms with Crippen molar-refractivity contribution in [3.8, 4) is 17.6 Å². The van der Waals surface area contributed by atoms with Crippen LogP contribution in [0.1, 0.15) is 36.0 Å². The van der Waals surface area contributed by atoms with E-state index in [1.54, 1.807) is 52.3 Å². The maximum Gasteiger partial charge on any atom is 0.319 e. The number of hydrogen-bond acceptors (Lipinski definition) is 7. The number of rotatable bonds is 7. The molecule has 0 saturated heterocycles. The van der Waals surface area contributed by atoms with Gasteiger partial charge in [0.25, 0.3) is 0 Å². The molecule has 0 saturated carbocycles. The molecular weight excluding hydrogens is 402 g/mol. The van der Waals surface area contributed by atoms with Crippen LogP contribution in [0.4, 0.5) is 0 Å². The Labute approximate surface area is 179 Å². The molecule has 3 rings (SSSR count). The first-order valence-corrected chi connectivity index (χ1v) is 10.2. The topological polar surface area (TPSA) is 88.8 Å². The van der Waals surface area contributed by atoms with E-state index in [0.29, 0.717) is 27.5 Å². The molecule has 0 aliphatic heterocycles. The summed E-state index contributed by atoms with van der Waals surface area (Å²) in [6, 6.07) is 14.2. The molecule has 2 unspecified atom stereocenters. The minimum atomic E-state index is -1.35. The molecule has 1 aromatic heterocycles. The van der Waals surface area contributed by atoms with Gasteiger partial charge in [0.2, 0.25) is 0 Å². The van der Waals surface area contributed by atoms with Gasteiger partial charge in [0.15, 0.2) is 11.5 Å². The summed E-state index contributed by atoms with van der Waals surface area (Å²) >= 11 is 1.37. The molecule has 0 bridgehead atoms. The van der Waals surface area contributed by atoms with Crippen LogP contribution in [0.3, 0.4) is 0 Å². The fraction of sp³-hybridized carbons (Fsp3) is 0.304. The van der Waals surface area contributed by atoms with Crippen molar-refractivity contribution in [1.82, 2.24) is 0 Å². The van der Waals surface area contributed by atoms with E-state index in [2.05, 4.69) is 6.07 Å². The number of fused-ring (bicyclic) bond motifs is 1. The third kappa shape index (κ3) is 3.72. The smallest absolute Gasteiger partial charge is 0.319 e. The summed E-state index contributed by atoms with van der Waals surface area (Å²) in [5.74, 6) is 0.645. The van der Waals surface area contributed by atoms with Crippen LogP contribution in [0, 0.1) is 11.3 Å². The minimum Gasteiger partial charge on any atom is -0.493 e. The Balaban J connectivity index is 2.11. The predicted octanol–water partition coefficient (Wildman–Crippen LogP) is 4.34. The van der Waals surface area contributed by atoms with Gasteiger partial charge in [-0.15, -0.1) is 11.3 Å². The molecular formula is C23H23NO5S. The summed E-state index contributed by atoms with van der Waals surface area (Å²) in [5, 5.41) is 21.3. The van der Waals surface area contributed by atoms with E-state index in [-0.39, 0.29) is 6.61 Å². The number of aliphatic hydroxyl groups is 1. The Hall–Kier alpha value is -3.08. The fourth-order valence-electron chi connectivity index (χ4n) is 3.37. The number of benzene rings is 2. The number of ether oxygens (including phenoxy) is 3. The number of methoxy groups -OCH3 is 2. The second kappa shape index (κ2) is 8.74. The largest absolute Gasteiger partial charge is 0.493 e. The molecule has 0 amide bonds. The van der Waals surface area contributed by atoms with Crippen LogP contribution in [0.15, 0.2) is 42.5 Å². The summed E-state index contributed by atoms with van der Waals surface area (Å²) in [7, 11) is 3.13. The number of carbonyl (C=O) groups is 1. The molecule has 0 radical (unpaired) electrons. The van der Waals surface area contributed by atoms with E-state index < -0.39 is 17.5 Å². The number of aliphatic hydroxyl groups excluding tert-OH is 1. The molecule has 0 aliphatic carbocycles. The van der Waals surface area contributed by atoms with Crippen molar-refractivity contribution in [1.29, 1.82) is 5.26 Å². The van der Waals surface area contributed by atoms with Crippen LogP contribution in [0.5, 0.6) is 11.5 Å². The van der Waals surface area contributed by atoms with Gasteiger partial charge < -0.3 is 19.3 Å². The number of carbonyl (C=O) groups excluding carboxylic acids is 1. The molecule has 7 heteroatoms. The minimum absolute atomic E-state index is 0.193. The number of thiophene rings is 1. The van der Waals surface area contributed by atoms with Crippen LogP contribution in [-0.2, 0) is 14.9 Å². The summed E-state index contributed by atoms with van der Waals surface area (Å²) in [6.45, 7) is 3.57. The maximum atomic E-state index is 13.0. The highest BCUT2D eigenvalue weighted by Crippen LogP contribution is 2.44. The SMILES string of the molecule is CCOC(=O)C(C)(c1ccc(C#N)cc1)C(O)c1cc2cc(OC)c(OC)cc2s1. The Bertz CT molecular complexity index is 1060. The predicted molar refractivity (Wildman–Crippen MR) is 115 cm³/mol. The third-order valence-corrected chi connectivity index (χ3v) is 6.32. The van der Waals surface area contributed by atoms with E-state index in [4.69, 9.17) is 19.5 Å². The van der Waals surface area contributed by atoms with Gasteiger partial charge in [0.05, 0.1) is 32.5 Å². The molecule has 2 atom stereocenters. The highest BCUT2D eigenvalue weighted by atomic mass is 32.1. The second-order valence-corrected chi connectivity index (χ2v) is 8.02. The molecule has 0 spiro atoms. The van der Waals surface area contributed by atoms with Crippen LogP contribution >= 0.6 is 11.3 Å². The van der Waals surface area contributed by atoms with Gasteiger partial charge in [0.1, 0.15) is 11.5 Å². The van der Waals surface area contributed by atoms with Crippen LogP contribution in [-0.4, -0.2) is 31.9 Å². The lowest BCUT2D eigenvalue weighted by atomic mass is 9.76. The Morgan fingerprint density at radius 3 is 2.37 bits per heavy atom. The molecule has 0 fully saturated rings. The number of nitrogens with zero attached hydrogens (tertiary/aromatic N) is 1. The summed E-state index contributed by atoms with van der Waals surface area (Å²) in [4.78, 5) is 13.6. The van der Waals surface area contributed by atoms with E-state index in [9.17, 15) is 9.90 Å². The molecule has 156 valence electrons. The van der Waals surface area contributed by atoms with Gasteiger partial charge in [-0.3, -0.25) is 4.79 Å². The Morgan fingerprint density at radius 1 is 1.17 bits per heavy atom. The highest BCUT2D eigenvalue weighted by Gasteiger charge is 2.45. The molecule has 6 nitrogen and oxygen atoms in total. The lowest BCUT2D eigenvalue weighted by Gasteiger charge is -2.32. The quantitative estimate of drug-likeness (QED) is 0.566. The number of esters is 1. The zero-order valence-corrected chi connectivity index (χ0v) is 18.1. The van der Waals surface area contributed by atoms with E-state index in [1.807, 2.05) is 18.2 Å². The van der Waals surface area contributed by atoms with Crippen LogP contribution in [0.2, 0.25) is 0 Å². The van der Waals surface area contributed by atoms with Gasteiger partial charge in [-0.1, -0.05) is 12.1 Å². The van der Waals surface area contributed by atoms with Gasteiger partial charge in [-0.2, -0.15) is 5.26 Å². The Kier molecular flexibility index (Phi) is 6.30. The van der Waals surface area contributed by atoms with Crippen molar-refractivity contribution in [2.24, 2.45) is 0 Å². The first kappa shape index (κ1) is 21.6. The maximum absolute atomic E-state index is 13.0. The van der Waals surface area contributed by atoms with Crippen molar-refractivity contribution in [3.05, 3.63) is 58.5 Å². The molecule has 0 aliphatic rings. The lowest BCUT2D eigenvalue weighted by Crippen LogP contribution is -2.40. The standard InChI is InChI=1S/C23H23NO5S/c1-5-29-22(26)23(2,16-8-6-14(13-24)7-9-16)21(25)20-11-15-10-17(27-3)18(28-4)12-19(15)30-20/h6-12,21,25H,5H2,1-4H3. The average Bonchev–Trinajstić information content (AvgIpc) is 3.19. The zero-order valence-electron chi connectivity index (χ0n) is 17.3. The Morgan fingerprint density at radius 2 is 1.80 bits per heavy atom. The molecule has 3 aromatic rings. The van der Waals surface area contributed by atoms with Crippen molar-refractivity contribution in [2.75, 3.05) is 20.8 Å². The van der Waals surface area contributed by atoms with Crippen molar-refractivity contribution >= 4 is 27.4 Å². The lowest BCUT2D eigenvalue weighted by molar-refractivity contribution is -0.154. The first-order valence-electron chi connectivity index (χ1n) is 9.40. The van der Waals surface area contributed by atoms with Gasteiger partial charge >= 0.3 is 5.97 Å². The summed E-state index contributed by atoms with van der Waals surface area (Å²) < 4.78 is 16.9. The van der Waals surface area contributed by atoms with E-state index in [1.165, 1.54) is 11.3 Å². The van der Waals surface area contributed by atoms with E-state index >= 15 is 0 Å². The normalized spacial score (nSPS) is 13.9. The van der Waals surface area contributed by atoms with Crippen molar-refractivity contribution in [2.45, 2.75) is 25.4 Å².